The van der Waals surface area contributed by atoms with Gasteiger partial charge in [-0.3, -0.25) is 29.0 Å². The zero-order valence-corrected chi connectivity index (χ0v) is 14.1. The maximum atomic E-state index is 13.0. The molecule has 0 unspecified atom stereocenters. The van der Waals surface area contributed by atoms with E-state index in [0.717, 1.165) is 0 Å². The molecule has 0 aromatic heterocycles. The highest BCUT2D eigenvalue weighted by atomic mass is 16.2. The molecule has 0 saturated carbocycles. The van der Waals surface area contributed by atoms with Gasteiger partial charge in [-0.2, -0.15) is 0 Å². The highest BCUT2D eigenvalue weighted by molar-refractivity contribution is 6.33. The van der Waals surface area contributed by atoms with Crippen LogP contribution in [0.25, 0.3) is 0 Å². The smallest absolute Gasteiger partial charge is 0.228 e. The summed E-state index contributed by atoms with van der Waals surface area (Å²) in [5.41, 5.74) is 1.35. The molecule has 0 aliphatic carbocycles. The Kier molecular flexibility index (Phi) is 3.37. The van der Waals surface area contributed by atoms with Crippen LogP contribution in [0.5, 0.6) is 0 Å². The minimum atomic E-state index is -0.446. The molecule has 6 nitrogen and oxygen atoms in total. The number of allylic oxidation sites excluding steroid dienone is 2. The first-order valence-electron chi connectivity index (χ1n) is 8.06. The molecular weight excluding hydrogens is 332 g/mol. The summed E-state index contributed by atoms with van der Waals surface area (Å²) in [6, 6.07) is 13.3. The SMILES string of the molecule is CC(=O)N1/C(=C2/C(=O)c3ccccc3N2C(C)=O)C(=O)c2ccccc21. The second-order valence-corrected chi connectivity index (χ2v) is 6.10. The van der Waals surface area contributed by atoms with Crippen LogP contribution in [-0.2, 0) is 9.59 Å². The normalized spacial score (nSPS) is 18.2. The van der Waals surface area contributed by atoms with Gasteiger partial charge in [-0.15, -0.1) is 0 Å². The number of hydrogen-bond acceptors (Lipinski definition) is 4. The fourth-order valence-corrected chi connectivity index (χ4v) is 3.50. The van der Waals surface area contributed by atoms with Crippen LogP contribution in [0.3, 0.4) is 0 Å². The number of carbonyl (C=O) groups excluding carboxylic acids is 4. The first-order chi connectivity index (χ1) is 12.4. The Bertz CT molecular complexity index is 968. The van der Waals surface area contributed by atoms with E-state index in [4.69, 9.17) is 0 Å². The lowest BCUT2D eigenvalue weighted by Gasteiger charge is -2.22. The largest absolute Gasteiger partial charge is 0.287 e. The van der Waals surface area contributed by atoms with Gasteiger partial charge in [-0.1, -0.05) is 24.3 Å². The minimum absolute atomic E-state index is 0.0740. The summed E-state index contributed by atoms with van der Waals surface area (Å²) < 4.78 is 0. The predicted octanol–water partition coefficient (Wildman–Crippen LogP) is 2.70. The van der Waals surface area contributed by atoms with Crippen molar-refractivity contribution in [3.8, 4) is 0 Å². The molecule has 2 heterocycles. The number of para-hydroxylation sites is 2. The highest BCUT2D eigenvalue weighted by Gasteiger charge is 2.45. The molecule has 2 aliphatic rings. The number of Topliss-reactive ketones (excluding diaryl/α,β-unsaturated/α-hetero) is 2. The fraction of sp³-hybridized carbons (Fsp3) is 0.100. The van der Waals surface area contributed by atoms with Gasteiger partial charge in [0.15, 0.2) is 0 Å². The van der Waals surface area contributed by atoms with Crippen LogP contribution < -0.4 is 9.80 Å². The van der Waals surface area contributed by atoms with Crippen molar-refractivity contribution >= 4 is 34.8 Å². The van der Waals surface area contributed by atoms with Gasteiger partial charge in [-0.05, 0) is 24.3 Å². The number of fused-ring (bicyclic) bond motifs is 2. The zero-order chi connectivity index (χ0) is 18.6. The van der Waals surface area contributed by atoms with Crippen molar-refractivity contribution in [1.29, 1.82) is 0 Å². The number of carbonyl (C=O) groups is 4. The molecule has 2 aromatic rings. The van der Waals surface area contributed by atoms with Crippen molar-refractivity contribution in [3.63, 3.8) is 0 Å². The van der Waals surface area contributed by atoms with E-state index in [2.05, 4.69) is 0 Å². The molecule has 0 saturated heterocycles. The van der Waals surface area contributed by atoms with Gasteiger partial charge in [-0.25, -0.2) is 0 Å². The van der Waals surface area contributed by atoms with Crippen LogP contribution in [0.4, 0.5) is 11.4 Å². The van der Waals surface area contributed by atoms with Gasteiger partial charge in [0.05, 0.1) is 11.4 Å². The second kappa shape index (κ2) is 5.49. The maximum absolute atomic E-state index is 13.0. The van der Waals surface area contributed by atoms with Crippen LogP contribution >= 0.6 is 0 Å². The molecule has 0 fully saturated rings. The van der Waals surface area contributed by atoms with Crippen molar-refractivity contribution in [2.75, 3.05) is 9.80 Å². The minimum Gasteiger partial charge on any atom is -0.287 e. The number of rotatable bonds is 0. The maximum Gasteiger partial charge on any atom is 0.228 e. The summed E-state index contributed by atoms with van der Waals surface area (Å²) in [7, 11) is 0. The average Bonchev–Trinajstić information content (AvgIpc) is 3.07. The molecule has 128 valence electrons. The van der Waals surface area contributed by atoms with Crippen molar-refractivity contribution in [2.45, 2.75) is 13.8 Å². The lowest BCUT2D eigenvalue weighted by atomic mass is 10.1. The second-order valence-electron chi connectivity index (χ2n) is 6.10. The topological polar surface area (TPSA) is 74.8 Å². The summed E-state index contributed by atoms with van der Waals surface area (Å²) in [4.78, 5) is 53.1. The van der Waals surface area contributed by atoms with Crippen molar-refractivity contribution in [1.82, 2.24) is 0 Å². The summed E-state index contributed by atoms with van der Waals surface area (Å²) >= 11 is 0. The number of amides is 2. The Morgan fingerprint density at radius 1 is 0.654 bits per heavy atom. The standard InChI is InChI=1S/C20H14N2O4/c1-11(23)21-15-9-5-3-7-13(15)19(25)17(21)18-20(26)14-8-4-6-10-16(14)22(18)12(2)24/h3-10H,1-2H3/b18-17-. The van der Waals surface area contributed by atoms with Crippen molar-refractivity contribution in [2.24, 2.45) is 0 Å². The summed E-state index contributed by atoms with van der Waals surface area (Å²) in [6.45, 7) is 2.64. The van der Waals surface area contributed by atoms with Crippen LogP contribution in [0.1, 0.15) is 34.6 Å². The van der Waals surface area contributed by atoms with Gasteiger partial charge in [0.25, 0.3) is 0 Å². The van der Waals surface area contributed by atoms with E-state index in [1.54, 1.807) is 48.5 Å². The van der Waals surface area contributed by atoms with E-state index in [1.165, 1.54) is 23.6 Å². The molecule has 2 aliphatic heterocycles. The molecule has 4 rings (SSSR count). The van der Waals surface area contributed by atoms with Crippen LogP contribution in [0.15, 0.2) is 59.9 Å². The summed E-state index contributed by atoms with van der Waals surface area (Å²) in [5.74, 6) is -1.70. The molecule has 0 atom stereocenters. The average molecular weight is 346 g/mol. The Morgan fingerprint density at radius 2 is 1.00 bits per heavy atom. The molecule has 0 bridgehead atoms. The summed E-state index contributed by atoms with van der Waals surface area (Å²) in [5, 5.41) is 0. The van der Waals surface area contributed by atoms with Gasteiger partial charge < -0.3 is 0 Å². The van der Waals surface area contributed by atoms with E-state index in [1.807, 2.05) is 0 Å². The van der Waals surface area contributed by atoms with E-state index < -0.39 is 23.4 Å². The molecule has 26 heavy (non-hydrogen) atoms. The van der Waals surface area contributed by atoms with Crippen molar-refractivity contribution in [3.05, 3.63) is 71.1 Å². The number of anilines is 2. The number of nitrogens with zero attached hydrogens (tertiary/aromatic N) is 2. The molecular formula is C20H14N2O4. The lowest BCUT2D eigenvalue weighted by molar-refractivity contribution is -0.117. The van der Waals surface area contributed by atoms with Gasteiger partial charge in [0.2, 0.25) is 23.4 Å². The molecule has 0 N–H and O–H groups in total. The summed E-state index contributed by atoms with van der Waals surface area (Å²) in [6.07, 6.45) is 0. The quantitative estimate of drug-likeness (QED) is 0.688. The molecule has 2 amide bonds. The van der Waals surface area contributed by atoms with Gasteiger partial charge >= 0.3 is 0 Å². The molecule has 6 heteroatoms. The molecule has 0 spiro atoms. The number of benzene rings is 2. The number of ketones is 2. The third-order valence-electron chi connectivity index (χ3n) is 4.51. The monoisotopic (exact) mass is 346 g/mol. The fourth-order valence-electron chi connectivity index (χ4n) is 3.50. The van der Waals surface area contributed by atoms with Crippen LogP contribution in [0.2, 0.25) is 0 Å². The Labute approximate surface area is 149 Å². The van der Waals surface area contributed by atoms with E-state index >= 15 is 0 Å². The van der Waals surface area contributed by atoms with E-state index in [-0.39, 0.29) is 11.4 Å². The Balaban J connectivity index is 2.05. The molecule has 2 aromatic carbocycles. The third-order valence-corrected chi connectivity index (χ3v) is 4.51. The first-order valence-corrected chi connectivity index (χ1v) is 8.06. The van der Waals surface area contributed by atoms with Crippen molar-refractivity contribution < 1.29 is 19.2 Å². The highest BCUT2D eigenvalue weighted by Crippen LogP contribution is 2.42. The molecule has 0 radical (unpaired) electrons. The third kappa shape index (κ3) is 1.99. The Hall–Kier alpha value is -3.54. The number of hydrogen-bond donors (Lipinski definition) is 0. The van der Waals surface area contributed by atoms with E-state index in [9.17, 15) is 19.2 Å². The Morgan fingerprint density at radius 3 is 1.35 bits per heavy atom. The van der Waals surface area contributed by atoms with Crippen LogP contribution in [0, 0.1) is 0 Å². The predicted molar refractivity (Wildman–Crippen MR) is 94.9 cm³/mol. The lowest BCUT2D eigenvalue weighted by Crippen LogP contribution is -2.34. The van der Waals surface area contributed by atoms with Gasteiger partial charge in [0, 0.05) is 25.0 Å². The first kappa shape index (κ1) is 16.0. The van der Waals surface area contributed by atoms with E-state index in [0.29, 0.717) is 22.5 Å². The zero-order valence-electron chi connectivity index (χ0n) is 14.1. The van der Waals surface area contributed by atoms with Crippen LogP contribution in [-0.4, -0.2) is 23.4 Å². The van der Waals surface area contributed by atoms with Gasteiger partial charge in [0.1, 0.15) is 11.4 Å².